The van der Waals surface area contributed by atoms with Crippen LogP contribution in [0, 0.1) is 0 Å². The van der Waals surface area contributed by atoms with E-state index in [4.69, 9.17) is 5.73 Å². The minimum absolute atomic E-state index is 0.0230. The van der Waals surface area contributed by atoms with Gasteiger partial charge in [-0.05, 0) is 24.6 Å². The fraction of sp³-hybridized carbons (Fsp3) is 0.250. The van der Waals surface area contributed by atoms with E-state index in [-0.39, 0.29) is 11.8 Å². The molecule has 0 aromatic heterocycles. The van der Waals surface area contributed by atoms with Crippen molar-refractivity contribution in [2.24, 2.45) is 5.73 Å². The van der Waals surface area contributed by atoms with Gasteiger partial charge in [-0.3, -0.25) is 5.11 Å². The Morgan fingerprint density at radius 3 is 2.60 bits per heavy atom. The summed E-state index contributed by atoms with van der Waals surface area (Å²) in [6.07, 6.45) is 0. The van der Waals surface area contributed by atoms with E-state index in [0.717, 1.165) is 5.56 Å². The molecule has 1 unspecified atom stereocenters. The van der Waals surface area contributed by atoms with Gasteiger partial charge in [0.15, 0.2) is 5.75 Å². The topological polar surface area (TPSA) is 45.9 Å². The summed E-state index contributed by atoms with van der Waals surface area (Å²) in [5, 5.41) is 10.7. The maximum Gasteiger partial charge on any atom is 0.178 e. The Labute approximate surface area is 60.3 Å². The van der Waals surface area contributed by atoms with Gasteiger partial charge in [-0.15, -0.1) is 0 Å². The maximum absolute atomic E-state index is 10.7. The lowest BCUT2D eigenvalue weighted by Crippen LogP contribution is -2.03. The molecule has 0 spiro atoms. The summed E-state index contributed by atoms with van der Waals surface area (Å²) < 4.78 is 0. The zero-order chi connectivity index (χ0) is 7.56. The van der Waals surface area contributed by atoms with Gasteiger partial charge in [-0.2, -0.15) is 0 Å². The first kappa shape index (κ1) is 7.09. The van der Waals surface area contributed by atoms with Crippen LogP contribution >= 0.6 is 0 Å². The first-order chi connectivity index (χ1) is 4.70. The molecule has 1 rings (SSSR count). The van der Waals surface area contributed by atoms with Crippen LogP contribution in [0.5, 0.6) is 5.75 Å². The Hall–Kier alpha value is -1.02. The molecule has 1 aromatic carbocycles. The normalized spacial score (nSPS) is 13.0. The maximum atomic E-state index is 10.7. The average molecular weight is 136 g/mol. The highest BCUT2D eigenvalue weighted by molar-refractivity contribution is 5.28. The van der Waals surface area contributed by atoms with Crippen LogP contribution in [0.15, 0.2) is 24.3 Å². The standard InChI is InChI=1S/C8H10NO/c1-6(9)7-3-2-4-8(10)5-7/h2-6H,9H2,1H3. The molecule has 0 aliphatic heterocycles. The Morgan fingerprint density at radius 2 is 2.20 bits per heavy atom. The number of rotatable bonds is 1. The van der Waals surface area contributed by atoms with Gasteiger partial charge in [0.2, 0.25) is 0 Å². The molecule has 1 radical (unpaired) electrons. The monoisotopic (exact) mass is 136 g/mol. The SMILES string of the molecule is CC(N)c1cccc([O])c1. The predicted octanol–water partition coefficient (Wildman–Crippen LogP) is 1.85. The molecule has 0 aliphatic carbocycles. The smallest absolute Gasteiger partial charge is 0.178 e. The lowest BCUT2D eigenvalue weighted by molar-refractivity contribution is 0.354. The summed E-state index contributed by atoms with van der Waals surface area (Å²) in [5.74, 6) is 0.0230. The Kier molecular flexibility index (Phi) is 1.92. The summed E-state index contributed by atoms with van der Waals surface area (Å²) in [4.78, 5) is 0. The molecule has 0 aliphatic rings. The average Bonchev–Trinajstić information content (AvgIpc) is 1.88. The van der Waals surface area contributed by atoms with E-state index in [0.29, 0.717) is 0 Å². The molecule has 0 saturated carbocycles. The molecule has 0 fully saturated rings. The van der Waals surface area contributed by atoms with E-state index in [9.17, 15) is 5.11 Å². The van der Waals surface area contributed by atoms with Crippen molar-refractivity contribution in [3.63, 3.8) is 0 Å². The molecule has 2 nitrogen and oxygen atoms in total. The van der Waals surface area contributed by atoms with Crippen LogP contribution in [0.4, 0.5) is 0 Å². The molecule has 1 aromatic rings. The van der Waals surface area contributed by atoms with Gasteiger partial charge in [-0.1, -0.05) is 12.1 Å². The number of nitrogens with two attached hydrogens (primary N) is 1. The van der Waals surface area contributed by atoms with E-state index in [2.05, 4.69) is 0 Å². The Balaban J connectivity index is 2.96. The fourth-order valence-corrected chi connectivity index (χ4v) is 0.798. The summed E-state index contributed by atoms with van der Waals surface area (Å²) in [5.41, 5.74) is 6.44. The Bertz CT molecular complexity index is 220. The van der Waals surface area contributed by atoms with Crippen LogP contribution in [0.1, 0.15) is 18.5 Å². The summed E-state index contributed by atoms with van der Waals surface area (Å²) >= 11 is 0. The third-order valence-electron chi connectivity index (χ3n) is 1.38. The van der Waals surface area contributed by atoms with E-state index in [1.807, 2.05) is 13.0 Å². The van der Waals surface area contributed by atoms with Crippen molar-refractivity contribution in [1.29, 1.82) is 0 Å². The van der Waals surface area contributed by atoms with Crippen LogP contribution < -0.4 is 5.73 Å². The van der Waals surface area contributed by atoms with Crippen LogP contribution in [-0.4, -0.2) is 0 Å². The predicted molar refractivity (Wildman–Crippen MR) is 39.2 cm³/mol. The van der Waals surface area contributed by atoms with Crippen molar-refractivity contribution in [2.45, 2.75) is 13.0 Å². The lowest BCUT2D eigenvalue weighted by atomic mass is 10.1. The van der Waals surface area contributed by atoms with Crippen LogP contribution in [0.3, 0.4) is 0 Å². The highest BCUT2D eigenvalue weighted by Gasteiger charge is 1.98. The van der Waals surface area contributed by atoms with Gasteiger partial charge in [0.05, 0.1) is 0 Å². The summed E-state index contributed by atoms with van der Waals surface area (Å²) in [6.45, 7) is 1.86. The van der Waals surface area contributed by atoms with Crippen molar-refractivity contribution in [1.82, 2.24) is 0 Å². The minimum atomic E-state index is -0.0473. The van der Waals surface area contributed by atoms with Crippen LogP contribution in [0.2, 0.25) is 0 Å². The van der Waals surface area contributed by atoms with E-state index < -0.39 is 0 Å². The molecule has 10 heavy (non-hydrogen) atoms. The first-order valence-corrected chi connectivity index (χ1v) is 3.22. The molecule has 0 heterocycles. The molecule has 0 amide bonds. The second-order valence-corrected chi connectivity index (χ2v) is 2.36. The number of hydrogen-bond donors (Lipinski definition) is 1. The van der Waals surface area contributed by atoms with Crippen molar-refractivity contribution in [3.8, 4) is 5.75 Å². The fourth-order valence-electron chi connectivity index (χ4n) is 0.798. The van der Waals surface area contributed by atoms with E-state index >= 15 is 0 Å². The van der Waals surface area contributed by atoms with Crippen LogP contribution in [-0.2, 0) is 5.11 Å². The second kappa shape index (κ2) is 2.71. The van der Waals surface area contributed by atoms with Gasteiger partial charge in [0, 0.05) is 6.04 Å². The summed E-state index contributed by atoms with van der Waals surface area (Å²) in [6, 6.07) is 6.61. The third kappa shape index (κ3) is 1.48. The largest absolute Gasteiger partial charge is 0.324 e. The second-order valence-electron chi connectivity index (χ2n) is 2.36. The van der Waals surface area contributed by atoms with Gasteiger partial charge >= 0.3 is 0 Å². The number of benzene rings is 1. The summed E-state index contributed by atoms with van der Waals surface area (Å²) in [7, 11) is 0. The van der Waals surface area contributed by atoms with Gasteiger partial charge in [0.25, 0.3) is 0 Å². The van der Waals surface area contributed by atoms with Crippen molar-refractivity contribution in [2.75, 3.05) is 0 Å². The van der Waals surface area contributed by atoms with Crippen molar-refractivity contribution >= 4 is 0 Å². The van der Waals surface area contributed by atoms with Gasteiger partial charge in [-0.25, -0.2) is 0 Å². The third-order valence-corrected chi connectivity index (χ3v) is 1.38. The Morgan fingerprint density at radius 1 is 1.50 bits per heavy atom. The molecule has 53 valence electrons. The highest BCUT2D eigenvalue weighted by atomic mass is 16.3. The van der Waals surface area contributed by atoms with Crippen molar-refractivity contribution in [3.05, 3.63) is 29.8 Å². The van der Waals surface area contributed by atoms with Crippen molar-refractivity contribution < 1.29 is 5.11 Å². The quantitative estimate of drug-likeness (QED) is 0.629. The van der Waals surface area contributed by atoms with Gasteiger partial charge in [0.1, 0.15) is 0 Å². The van der Waals surface area contributed by atoms with E-state index in [1.165, 1.54) is 6.07 Å². The van der Waals surface area contributed by atoms with Crippen LogP contribution in [0.25, 0.3) is 0 Å². The molecular weight excluding hydrogens is 126 g/mol. The first-order valence-electron chi connectivity index (χ1n) is 3.22. The van der Waals surface area contributed by atoms with E-state index in [1.54, 1.807) is 12.1 Å². The lowest BCUT2D eigenvalue weighted by Gasteiger charge is -2.02. The molecule has 2 heteroatoms. The molecule has 0 bridgehead atoms. The zero-order valence-corrected chi connectivity index (χ0v) is 5.87. The number of hydrogen-bond acceptors (Lipinski definition) is 1. The minimum Gasteiger partial charge on any atom is -0.324 e. The van der Waals surface area contributed by atoms with Gasteiger partial charge < -0.3 is 5.73 Å². The highest BCUT2D eigenvalue weighted by Crippen LogP contribution is 2.15. The molecular formula is C8H10NO. The zero-order valence-electron chi connectivity index (χ0n) is 5.87. The molecule has 2 N–H and O–H groups in total. The molecule has 0 saturated heterocycles. The molecule has 1 atom stereocenters.